The van der Waals surface area contributed by atoms with Gasteiger partial charge in [0.05, 0.1) is 10.0 Å². The lowest BCUT2D eigenvalue weighted by Crippen LogP contribution is -2.37. The van der Waals surface area contributed by atoms with E-state index < -0.39 is 0 Å². The van der Waals surface area contributed by atoms with Crippen LogP contribution in [0.3, 0.4) is 0 Å². The van der Waals surface area contributed by atoms with Crippen LogP contribution in [-0.4, -0.2) is 12.6 Å². The molecule has 1 aromatic rings. The molecule has 118 valence electrons. The van der Waals surface area contributed by atoms with Gasteiger partial charge in [-0.1, -0.05) is 57.0 Å². The third-order valence-electron chi connectivity index (χ3n) is 4.69. The van der Waals surface area contributed by atoms with Crippen LogP contribution in [0.2, 0.25) is 10.0 Å². The summed E-state index contributed by atoms with van der Waals surface area (Å²) in [6.45, 7) is 10.3. The maximum Gasteiger partial charge on any atom is 0.0595 e. The highest BCUT2D eigenvalue weighted by Crippen LogP contribution is 2.47. The lowest BCUT2D eigenvalue weighted by atomic mass is 9.65. The zero-order valence-electron chi connectivity index (χ0n) is 13.5. The third kappa shape index (κ3) is 4.61. The van der Waals surface area contributed by atoms with Gasteiger partial charge in [0.2, 0.25) is 0 Å². The second kappa shape index (κ2) is 6.89. The van der Waals surface area contributed by atoms with Crippen LogP contribution in [0.25, 0.3) is 0 Å². The Balaban J connectivity index is 2.21. The van der Waals surface area contributed by atoms with Crippen LogP contribution in [0.4, 0.5) is 0 Å². The molecule has 0 saturated heterocycles. The Morgan fingerprint density at radius 2 is 1.95 bits per heavy atom. The Morgan fingerprint density at radius 1 is 1.24 bits per heavy atom. The normalized spacial score (nSPS) is 25.3. The van der Waals surface area contributed by atoms with Crippen molar-refractivity contribution >= 4 is 23.2 Å². The molecule has 1 N–H and O–H groups in total. The van der Waals surface area contributed by atoms with Crippen LogP contribution >= 0.6 is 23.2 Å². The van der Waals surface area contributed by atoms with Gasteiger partial charge in [-0.3, -0.25) is 0 Å². The van der Waals surface area contributed by atoms with Gasteiger partial charge in [-0.15, -0.1) is 0 Å². The summed E-state index contributed by atoms with van der Waals surface area (Å²) in [4.78, 5) is 0. The van der Waals surface area contributed by atoms with E-state index in [9.17, 15) is 0 Å². The minimum absolute atomic E-state index is 0.408. The standard InChI is InChI=1S/C18H27Cl2N/c1-12(2)21-11-14-7-8-18(3,4)10-15(14)13-5-6-16(19)17(20)9-13/h5-6,9,12,14-15,21H,7-8,10-11H2,1-4H3. The van der Waals surface area contributed by atoms with E-state index >= 15 is 0 Å². The Labute approximate surface area is 139 Å². The monoisotopic (exact) mass is 327 g/mol. The fraction of sp³-hybridized carbons (Fsp3) is 0.667. The molecular formula is C18H27Cl2N. The largest absolute Gasteiger partial charge is 0.314 e. The Hall–Kier alpha value is -0.240. The molecule has 1 nitrogen and oxygen atoms in total. The molecule has 0 bridgehead atoms. The minimum Gasteiger partial charge on any atom is -0.314 e. The van der Waals surface area contributed by atoms with E-state index in [-0.39, 0.29) is 0 Å². The number of hydrogen-bond donors (Lipinski definition) is 1. The van der Waals surface area contributed by atoms with E-state index in [0.29, 0.717) is 33.3 Å². The van der Waals surface area contributed by atoms with E-state index in [1.807, 2.05) is 6.07 Å². The first-order valence-electron chi connectivity index (χ1n) is 7.97. The van der Waals surface area contributed by atoms with Crippen molar-refractivity contribution in [3.8, 4) is 0 Å². The summed E-state index contributed by atoms with van der Waals surface area (Å²) in [6, 6.07) is 6.70. The quantitative estimate of drug-likeness (QED) is 0.725. The molecule has 3 heteroatoms. The summed E-state index contributed by atoms with van der Waals surface area (Å²) < 4.78 is 0. The van der Waals surface area contributed by atoms with Gasteiger partial charge < -0.3 is 5.32 Å². The van der Waals surface area contributed by atoms with Gasteiger partial charge in [-0.2, -0.15) is 0 Å². The highest BCUT2D eigenvalue weighted by Gasteiger charge is 2.35. The molecule has 1 fully saturated rings. The van der Waals surface area contributed by atoms with Crippen molar-refractivity contribution in [1.82, 2.24) is 5.32 Å². The predicted molar refractivity (Wildman–Crippen MR) is 93.5 cm³/mol. The topological polar surface area (TPSA) is 12.0 Å². The zero-order chi connectivity index (χ0) is 15.6. The van der Waals surface area contributed by atoms with E-state index in [2.05, 4.69) is 45.1 Å². The first-order chi connectivity index (χ1) is 9.78. The summed E-state index contributed by atoms with van der Waals surface area (Å²) in [6.07, 6.45) is 3.79. The molecule has 0 heterocycles. The van der Waals surface area contributed by atoms with Crippen molar-refractivity contribution in [2.75, 3.05) is 6.54 Å². The highest BCUT2D eigenvalue weighted by atomic mass is 35.5. The smallest absolute Gasteiger partial charge is 0.0595 e. The van der Waals surface area contributed by atoms with Gasteiger partial charge in [-0.25, -0.2) is 0 Å². The molecule has 1 aliphatic rings. The summed E-state index contributed by atoms with van der Waals surface area (Å²) >= 11 is 12.3. The van der Waals surface area contributed by atoms with Crippen LogP contribution in [0.5, 0.6) is 0 Å². The predicted octanol–water partition coefficient (Wildman–Crippen LogP) is 5.90. The average Bonchev–Trinajstić information content (AvgIpc) is 2.39. The Kier molecular flexibility index (Phi) is 5.62. The fourth-order valence-electron chi connectivity index (χ4n) is 3.41. The van der Waals surface area contributed by atoms with Crippen molar-refractivity contribution in [1.29, 1.82) is 0 Å². The molecule has 0 amide bonds. The van der Waals surface area contributed by atoms with Crippen LogP contribution in [-0.2, 0) is 0 Å². The van der Waals surface area contributed by atoms with Crippen molar-refractivity contribution < 1.29 is 0 Å². The number of rotatable bonds is 4. The number of benzene rings is 1. The van der Waals surface area contributed by atoms with Gasteiger partial charge in [0.25, 0.3) is 0 Å². The molecule has 21 heavy (non-hydrogen) atoms. The lowest BCUT2D eigenvalue weighted by Gasteiger charge is -2.41. The number of halogens is 2. The minimum atomic E-state index is 0.408. The molecular weight excluding hydrogens is 301 g/mol. The molecule has 0 spiro atoms. The summed E-state index contributed by atoms with van der Waals surface area (Å²) in [5.41, 5.74) is 1.75. The zero-order valence-corrected chi connectivity index (χ0v) is 15.1. The van der Waals surface area contributed by atoms with Crippen molar-refractivity contribution in [3.63, 3.8) is 0 Å². The second-order valence-corrected chi connectivity index (χ2v) is 8.32. The van der Waals surface area contributed by atoms with Crippen LogP contribution in [0, 0.1) is 11.3 Å². The molecule has 2 unspecified atom stereocenters. The molecule has 1 aromatic carbocycles. The third-order valence-corrected chi connectivity index (χ3v) is 5.43. The Bertz CT molecular complexity index is 480. The van der Waals surface area contributed by atoms with Crippen LogP contribution in [0.1, 0.15) is 58.4 Å². The van der Waals surface area contributed by atoms with Crippen LogP contribution in [0.15, 0.2) is 18.2 Å². The van der Waals surface area contributed by atoms with E-state index in [4.69, 9.17) is 23.2 Å². The van der Waals surface area contributed by atoms with Gasteiger partial charge in [0.15, 0.2) is 0 Å². The summed E-state index contributed by atoms with van der Waals surface area (Å²) in [7, 11) is 0. The maximum absolute atomic E-state index is 6.23. The molecule has 2 rings (SSSR count). The van der Waals surface area contributed by atoms with Crippen molar-refractivity contribution in [2.24, 2.45) is 11.3 Å². The maximum atomic E-state index is 6.23. The first-order valence-corrected chi connectivity index (χ1v) is 8.72. The highest BCUT2D eigenvalue weighted by molar-refractivity contribution is 6.42. The van der Waals surface area contributed by atoms with E-state index in [1.54, 1.807) is 0 Å². The summed E-state index contributed by atoms with van der Waals surface area (Å²) in [5, 5.41) is 4.93. The molecule has 1 saturated carbocycles. The van der Waals surface area contributed by atoms with Gasteiger partial charge in [0, 0.05) is 6.04 Å². The number of nitrogens with one attached hydrogen (secondary N) is 1. The van der Waals surface area contributed by atoms with Crippen LogP contribution < -0.4 is 5.32 Å². The lowest BCUT2D eigenvalue weighted by molar-refractivity contribution is 0.158. The molecule has 2 atom stereocenters. The van der Waals surface area contributed by atoms with Crippen molar-refractivity contribution in [3.05, 3.63) is 33.8 Å². The van der Waals surface area contributed by atoms with Gasteiger partial charge in [-0.05, 0) is 60.8 Å². The van der Waals surface area contributed by atoms with E-state index in [0.717, 1.165) is 6.54 Å². The molecule has 0 radical (unpaired) electrons. The number of hydrogen-bond acceptors (Lipinski definition) is 1. The van der Waals surface area contributed by atoms with E-state index in [1.165, 1.54) is 24.8 Å². The molecule has 0 aromatic heterocycles. The average molecular weight is 328 g/mol. The Morgan fingerprint density at radius 3 is 2.57 bits per heavy atom. The molecule has 0 aliphatic heterocycles. The molecule has 1 aliphatic carbocycles. The van der Waals surface area contributed by atoms with Crippen molar-refractivity contribution in [2.45, 2.75) is 58.9 Å². The SMILES string of the molecule is CC(C)NCC1CCC(C)(C)CC1c1ccc(Cl)c(Cl)c1. The van der Waals surface area contributed by atoms with Gasteiger partial charge >= 0.3 is 0 Å². The second-order valence-electron chi connectivity index (χ2n) is 7.51. The van der Waals surface area contributed by atoms with Gasteiger partial charge in [0.1, 0.15) is 0 Å². The fourth-order valence-corrected chi connectivity index (χ4v) is 3.71. The first kappa shape index (κ1) is 17.1. The summed E-state index contributed by atoms with van der Waals surface area (Å²) in [5.74, 6) is 1.24.